The zero-order valence-corrected chi connectivity index (χ0v) is 13.6. The molecule has 0 aromatic carbocycles. The molecule has 0 radical (unpaired) electrons. The summed E-state index contributed by atoms with van der Waals surface area (Å²) in [7, 11) is 0. The fraction of sp³-hybridized carbons (Fsp3) is 0.267. The first-order chi connectivity index (χ1) is 11.3. The Kier molecular flexibility index (Phi) is 5.27. The van der Waals surface area contributed by atoms with Gasteiger partial charge in [0.15, 0.2) is 6.10 Å². The van der Waals surface area contributed by atoms with Gasteiger partial charge >= 0.3 is 0 Å². The Morgan fingerprint density at radius 3 is 3.09 bits per heavy atom. The summed E-state index contributed by atoms with van der Waals surface area (Å²) in [6, 6.07) is 5.48. The number of rotatable bonds is 6. The molecule has 23 heavy (non-hydrogen) atoms. The molecule has 1 aliphatic heterocycles. The summed E-state index contributed by atoms with van der Waals surface area (Å²) < 4.78 is 5.86. The van der Waals surface area contributed by atoms with Crippen LogP contribution in [0.1, 0.15) is 6.42 Å². The molecule has 0 saturated carbocycles. The Hall–Kier alpha value is -1.89. The van der Waals surface area contributed by atoms with Crippen LogP contribution in [0.5, 0.6) is 5.75 Å². The normalized spacial score (nSPS) is 16.8. The maximum atomic E-state index is 6.03. The van der Waals surface area contributed by atoms with Crippen molar-refractivity contribution in [1.29, 1.82) is 0 Å². The monoisotopic (exact) mass is 352 g/mol. The highest BCUT2D eigenvalue weighted by atomic mass is 35.5. The van der Waals surface area contributed by atoms with Gasteiger partial charge in [-0.1, -0.05) is 16.8 Å². The van der Waals surface area contributed by atoms with E-state index in [0.29, 0.717) is 36.0 Å². The van der Waals surface area contributed by atoms with Crippen molar-refractivity contribution in [1.82, 2.24) is 14.8 Å². The number of hydrogen-bond donors (Lipinski definition) is 1. The Morgan fingerprint density at radius 1 is 1.39 bits per heavy atom. The van der Waals surface area contributed by atoms with Crippen molar-refractivity contribution in [3.05, 3.63) is 41.8 Å². The van der Waals surface area contributed by atoms with Gasteiger partial charge in [-0.15, -0.1) is 0 Å². The van der Waals surface area contributed by atoms with Crippen molar-refractivity contribution in [2.24, 2.45) is 5.16 Å². The number of halogens is 2. The van der Waals surface area contributed by atoms with Gasteiger partial charge in [0.1, 0.15) is 18.1 Å². The van der Waals surface area contributed by atoms with E-state index < -0.39 is 0 Å². The lowest BCUT2D eigenvalue weighted by atomic mass is 10.1. The summed E-state index contributed by atoms with van der Waals surface area (Å²) in [5.41, 5.74) is 2.39. The van der Waals surface area contributed by atoms with Crippen LogP contribution in [-0.4, -0.2) is 34.9 Å². The molecule has 6 nitrogen and oxygen atoms in total. The van der Waals surface area contributed by atoms with Gasteiger partial charge in [0.2, 0.25) is 0 Å². The Labute approximate surface area is 143 Å². The highest BCUT2D eigenvalue weighted by Crippen LogP contribution is 2.30. The lowest BCUT2D eigenvalue weighted by Gasteiger charge is -2.13. The van der Waals surface area contributed by atoms with E-state index in [-0.39, 0.29) is 6.10 Å². The molecular weight excluding hydrogens is 339 g/mol. The highest BCUT2D eigenvalue weighted by molar-refractivity contribution is 6.30. The maximum absolute atomic E-state index is 6.03. The number of oxime groups is 1. The minimum Gasteiger partial charge on any atom is -0.487 e. The first-order valence-corrected chi connectivity index (χ1v) is 7.75. The lowest BCUT2D eigenvalue weighted by Crippen LogP contribution is -2.21. The molecule has 1 N–H and O–H groups in total. The van der Waals surface area contributed by atoms with Crippen LogP contribution in [0.3, 0.4) is 0 Å². The van der Waals surface area contributed by atoms with Crippen LogP contribution in [-0.2, 0) is 4.84 Å². The van der Waals surface area contributed by atoms with Crippen molar-refractivity contribution >= 4 is 29.1 Å². The van der Waals surface area contributed by atoms with E-state index in [0.717, 1.165) is 11.3 Å². The quantitative estimate of drug-likeness (QED) is 0.809. The van der Waals surface area contributed by atoms with E-state index in [1.165, 1.54) is 0 Å². The predicted octanol–water partition coefficient (Wildman–Crippen LogP) is 3.06. The van der Waals surface area contributed by atoms with E-state index in [1.54, 1.807) is 24.7 Å². The van der Waals surface area contributed by atoms with Gasteiger partial charge in [0.05, 0.1) is 17.3 Å². The molecule has 0 amide bonds. The summed E-state index contributed by atoms with van der Waals surface area (Å²) in [5.74, 6) is 0.581. The Balaban J connectivity index is 1.70. The number of nitrogens with zero attached hydrogens (tertiary/aromatic N) is 3. The molecule has 8 heteroatoms. The standard InChI is InChI=1S/C15H14Cl2N4O2/c16-11-4-14(15(19-7-11)10-2-1-3-18-6-10)22-9-13-5-12(8-20-17)21-23-13/h1-4,6-7,13,20H,5,8-9H2. The van der Waals surface area contributed by atoms with Crippen molar-refractivity contribution in [2.75, 3.05) is 13.2 Å². The second-order valence-corrected chi connectivity index (χ2v) is 5.66. The van der Waals surface area contributed by atoms with Gasteiger partial charge in [0.25, 0.3) is 0 Å². The number of ether oxygens (including phenoxy) is 1. The molecule has 2 aromatic rings. The summed E-state index contributed by atoms with van der Waals surface area (Å²) in [4.78, 5) is 16.3. The first kappa shape index (κ1) is 16.0. The van der Waals surface area contributed by atoms with Crippen LogP contribution in [0.4, 0.5) is 0 Å². The fourth-order valence-corrected chi connectivity index (χ4v) is 2.49. The molecule has 0 saturated heterocycles. The predicted molar refractivity (Wildman–Crippen MR) is 88.8 cm³/mol. The zero-order chi connectivity index (χ0) is 16.1. The molecule has 1 aliphatic rings. The van der Waals surface area contributed by atoms with Crippen molar-refractivity contribution in [2.45, 2.75) is 12.5 Å². The zero-order valence-electron chi connectivity index (χ0n) is 12.1. The second kappa shape index (κ2) is 7.59. The van der Waals surface area contributed by atoms with Crippen molar-refractivity contribution in [3.8, 4) is 17.0 Å². The van der Waals surface area contributed by atoms with E-state index in [9.17, 15) is 0 Å². The summed E-state index contributed by atoms with van der Waals surface area (Å²) in [6.45, 7) is 0.822. The summed E-state index contributed by atoms with van der Waals surface area (Å²) >= 11 is 11.5. The topological polar surface area (TPSA) is 68.6 Å². The van der Waals surface area contributed by atoms with Gasteiger partial charge in [-0.3, -0.25) is 9.97 Å². The van der Waals surface area contributed by atoms with Crippen molar-refractivity contribution in [3.63, 3.8) is 0 Å². The first-order valence-electron chi connectivity index (χ1n) is 7.00. The minimum absolute atomic E-state index is 0.157. The fourth-order valence-electron chi connectivity index (χ4n) is 2.19. The smallest absolute Gasteiger partial charge is 0.166 e. The van der Waals surface area contributed by atoms with Crippen LogP contribution in [0.15, 0.2) is 41.9 Å². The van der Waals surface area contributed by atoms with Crippen molar-refractivity contribution < 1.29 is 9.57 Å². The third kappa shape index (κ3) is 4.10. The third-order valence-electron chi connectivity index (χ3n) is 3.24. The van der Waals surface area contributed by atoms with E-state index >= 15 is 0 Å². The van der Waals surface area contributed by atoms with Gasteiger partial charge in [-0.25, -0.2) is 4.84 Å². The number of pyridine rings is 2. The largest absolute Gasteiger partial charge is 0.487 e. The average molecular weight is 353 g/mol. The molecule has 3 heterocycles. The van der Waals surface area contributed by atoms with Crippen LogP contribution in [0, 0.1) is 0 Å². The summed E-state index contributed by atoms with van der Waals surface area (Å²) in [6.07, 6.45) is 5.51. The molecule has 3 rings (SSSR count). The van der Waals surface area contributed by atoms with Crippen LogP contribution in [0.2, 0.25) is 5.02 Å². The van der Waals surface area contributed by atoms with Gasteiger partial charge in [0, 0.05) is 36.6 Å². The number of aromatic nitrogens is 2. The van der Waals surface area contributed by atoms with Gasteiger partial charge in [-0.2, -0.15) is 0 Å². The van der Waals surface area contributed by atoms with Crippen LogP contribution in [0.25, 0.3) is 11.3 Å². The third-order valence-corrected chi connectivity index (χ3v) is 3.58. The highest BCUT2D eigenvalue weighted by Gasteiger charge is 2.22. The van der Waals surface area contributed by atoms with Gasteiger partial charge in [-0.05, 0) is 23.9 Å². The molecule has 1 atom stereocenters. The lowest BCUT2D eigenvalue weighted by molar-refractivity contribution is 0.0471. The molecule has 120 valence electrons. The molecule has 0 bridgehead atoms. The SMILES string of the molecule is ClNCC1=NOC(COc2cc(Cl)cnc2-c2cccnc2)C1. The van der Waals surface area contributed by atoms with E-state index in [2.05, 4.69) is 20.0 Å². The molecule has 0 aliphatic carbocycles. The Bertz CT molecular complexity index is 697. The maximum Gasteiger partial charge on any atom is 0.166 e. The van der Waals surface area contributed by atoms with Crippen LogP contribution < -0.4 is 9.57 Å². The molecule has 2 aromatic heterocycles. The van der Waals surface area contributed by atoms with E-state index in [1.807, 2.05) is 12.1 Å². The molecule has 0 fully saturated rings. The summed E-state index contributed by atoms with van der Waals surface area (Å²) in [5, 5.41) is 4.46. The average Bonchev–Trinajstić information content (AvgIpc) is 3.02. The molecule has 0 spiro atoms. The van der Waals surface area contributed by atoms with E-state index in [4.69, 9.17) is 33.0 Å². The Morgan fingerprint density at radius 2 is 2.30 bits per heavy atom. The number of nitrogens with one attached hydrogen (secondary N) is 1. The van der Waals surface area contributed by atoms with Gasteiger partial charge < -0.3 is 9.57 Å². The minimum atomic E-state index is -0.157. The number of hydrogen-bond acceptors (Lipinski definition) is 6. The second-order valence-electron chi connectivity index (χ2n) is 4.95. The molecular formula is C15H14Cl2N4O2. The molecule has 1 unspecified atom stereocenters. The van der Waals surface area contributed by atoms with Crippen LogP contribution >= 0.6 is 23.4 Å².